The van der Waals surface area contributed by atoms with E-state index >= 15 is 0 Å². The van der Waals surface area contributed by atoms with Crippen molar-refractivity contribution < 1.29 is 14.9 Å². The van der Waals surface area contributed by atoms with E-state index in [0.29, 0.717) is 24.9 Å². The number of carbonyl (C=O) groups is 2. The molecule has 0 aliphatic carbocycles. The molecule has 2 atom stereocenters. The maximum atomic E-state index is 12.6. The van der Waals surface area contributed by atoms with Gasteiger partial charge >= 0.3 is 6.03 Å². The molecule has 1 heterocycles. The van der Waals surface area contributed by atoms with Gasteiger partial charge in [0, 0.05) is 24.6 Å². The second kappa shape index (κ2) is 8.48. The third-order valence-corrected chi connectivity index (χ3v) is 4.74. The molecule has 1 aromatic rings. The van der Waals surface area contributed by atoms with Crippen LogP contribution in [0.15, 0.2) is 24.3 Å². The van der Waals surface area contributed by atoms with E-state index in [2.05, 4.69) is 62.6 Å². The maximum absolute atomic E-state index is 12.6. The lowest BCUT2D eigenvalue weighted by molar-refractivity contribution is -0.719. The maximum Gasteiger partial charge on any atom is 0.324 e. The SMILES string of the molecule is CC(C)Cc1ccc([C@H]([NH2+][C@H](C)C(=O)N2CCNC2=O)C(C)C)cc1. The summed E-state index contributed by atoms with van der Waals surface area (Å²) in [6, 6.07) is 8.38. The summed E-state index contributed by atoms with van der Waals surface area (Å²) >= 11 is 0. The molecule has 1 saturated heterocycles. The smallest absolute Gasteiger partial charge is 0.324 e. The third-order valence-electron chi connectivity index (χ3n) is 4.74. The zero-order valence-electron chi connectivity index (χ0n) is 16.1. The highest BCUT2D eigenvalue weighted by atomic mass is 16.2. The van der Waals surface area contributed by atoms with Gasteiger partial charge in [-0.3, -0.25) is 9.69 Å². The summed E-state index contributed by atoms with van der Waals surface area (Å²) in [6.07, 6.45) is 1.08. The first-order chi connectivity index (χ1) is 11.8. The minimum atomic E-state index is -0.286. The lowest BCUT2D eigenvalue weighted by Gasteiger charge is -2.25. The molecule has 3 amide bonds. The number of quaternary nitrogens is 1. The summed E-state index contributed by atoms with van der Waals surface area (Å²) < 4.78 is 0. The Hall–Kier alpha value is -1.88. The van der Waals surface area contributed by atoms with Crippen LogP contribution < -0.4 is 10.6 Å². The van der Waals surface area contributed by atoms with Crippen LogP contribution in [0.3, 0.4) is 0 Å². The van der Waals surface area contributed by atoms with E-state index in [0.717, 1.165) is 6.42 Å². The summed E-state index contributed by atoms with van der Waals surface area (Å²) in [5.41, 5.74) is 2.58. The van der Waals surface area contributed by atoms with Crippen molar-refractivity contribution in [3.05, 3.63) is 35.4 Å². The molecule has 1 aliphatic heterocycles. The van der Waals surface area contributed by atoms with Gasteiger partial charge in [0.1, 0.15) is 6.04 Å². The minimum absolute atomic E-state index is 0.114. The Labute approximate surface area is 151 Å². The predicted molar refractivity (Wildman–Crippen MR) is 99.1 cm³/mol. The van der Waals surface area contributed by atoms with Crippen LogP contribution in [0.1, 0.15) is 51.8 Å². The second-order valence-electron chi connectivity index (χ2n) is 7.81. The van der Waals surface area contributed by atoms with Gasteiger partial charge in [0.15, 0.2) is 6.04 Å². The summed E-state index contributed by atoms with van der Waals surface area (Å²) in [5.74, 6) is 0.915. The predicted octanol–water partition coefficient (Wildman–Crippen LogP) is 2.09. The Bertz CT molecular complexity index is 595. The molecule has 5 nitrogen and oxygen atoms in total. The highest BCUT2D eigenvalue weighted by molar-refractivity contribution is 5.97. The fraction of sp³-hybridized carbons (Fsp3) is 0.600. The second-order valence-corrected chi connectivity index (χ2v) is 7.81. The van der Waals surface area contributed by atoms with Crippen molar-refractivity contribution in [2.75, 3.05) is 13.1 Å². The van der Waals surface area contributed by atoms with E-state index < -0.39 is 0 Å². The number of hydrogen-bond acceptors (Lipinski definition) is 2. The van der Waals surface area contributed by atoms with E-state index in [4.69, 9.17) is 0 Å². The number of nitrogens with zero attached hydrogens (tertiary/aromatic N) is 1. The number of nitrogens with two attached hydrogens (primary N) is 1. The van der Waals surface area contributed by atoms with Gasteiger partial charge < -0.3 is 10.6 Å². The first kappa shape index (κ1) is 19.4. The lowest BCUT2D eigenvalue weighted by atomic mass is 9.93. The summed E-state index contributed by atoms with van der Waals surface area (Å²) in [5, 5.41) is 4.78. The van der Waals surface area contributed by atoms with Gasteiger partial charge in [0.05, 0.1) is 0 Å². The molecule has 1 aromatic carbocycles. The van der Waals surface area contributed by atoms with Crippen molar-refractivity contribution in [3.8, 4) is 0 Å². The van der Waals surface area contributed by atoms with Crippen LogP contribution in [0.2, 0.25) is 0 Å². The minimum Gasteiger partial charge on any atom is -0.336 e. The fourth-order valence-electron chi connectivity index (χ4n) is 3.39. The van der Waals surface area contributed by atoms with Crippen molar-refractivity contribution in [2.45, 2.75) is 53.1 Å². The highest BCUT2D eigenvalue weighted by Crippen LogP contribution is 2.19. The van der Waals surface area contributed by atoms with Crippen molar-refractivity contribution in [1.82, 2.24) is 10.2 Å². The Balaban J connectivity index is 2.07. The van der Waals surface area contributed by atoms with Crippen LogP contribution in [0.5, 0.6) is 0 Å². The number of rotatable bonds is 7. The molecule has 138 valence electrons. The van der Waals surface area contributed by atoms with Crippen molar-refractivity contribution >= 4 is 11.9 Å². The molecule has 1 aliphatic rings. The molecule has 0 bridgehead atoms. The summed E-state index contributed by atoms with van der Waals surface area (Å²) in [6.45, 7) is 11.7. The summed E-state index contributed by atoms with van der Waals surface area (Å²) in [7, 11) is 0. The van der Waals surface area contributed by atoms with E-state index in [-0.39, 0.29) is 24.0 Å². The Kier molecular flexibility index (Phi) is 6.59. The molecule has 0 unspecified atom stereocenters. The van der Waals surface area contributed by atoms with Crippen LogP contribution >= 0.6 is 0 Å². The van der Waals surface area contributed by atoms with Crippen LogP contribution in [0.25, 0.3) is 0 Å². The largest absolute Gasteiger partial charge is 0.336 e. The number of nitrogens with one attached hydrogen (secondary N) is 1. The van der Waals surface area contributed by atoms with Gasteiger partial charge in [-0.25, -0.2) is 4.79 Å². The normalized spacial score (nSPS) is 17.1. The van der Waals surface area contributed by atoms with E-state index in [1.165, 1.54) is 16.0 Å². The van der Waals surface area contributed by atoms with Crippen molar-refractivity contribution in [2.24, 2.45) is 11.8 Å². The molecular formula is C20H32N3O2+. The number of urea groups is 1. The van der Waals surface area contributed by atoms with Gasteiger partial charge in [0.25, 0.3) is 5.91 Å². The molecule has 1 fully saturated rings. The van der Waals surface area contributed by atoms with Crippen LogP contribution in [-0.2, 0) is 11.2 Å². The molecule has 2 rings (SSSR count). The Morgan fingerprint density at radius 2 is 1.80 bits per heavy atom. The first-order valence-electron chi connectivity index (χ1n) is 9.32. The Morgan fingerprint density at radius 1 is 1.16 bits per heavy atom. The molecule has 0 spiro atoms. The van der Waals surface area contributed by atoms with E-state index in [1.807, 2.05) is 6.92 Å². The van der Waals surface area contributed by atoms with Gasteiger partial charge in [-0.15, -0.1) is 0 Å². The monoisotopic (exact) mass is 346 g/mol. The average molecular weight is 346 g/mol. The third kappa shape index (κ3) is 5.05. The molecule has 25 heavy (non-hydrogen) atoms. The van der Waals surface area contributed by atoms with Gasteiger partial charge in [0.2, 0.25) is 0 Å². The van der Waals surface area contributed by atoms with E-state index in [1.54, 1.807) is 0 Å². The number of carbonyl (C=O) groups excluding carboxylic acids is 2. The number of imide groups is 1. The molecule has 0 aromatic heterocycles. The zero-order valence-corrected chi connectivity index (χ0v) is 16.1. The average Bonchev–Trinajstić information content (AvgIpc) is 2.97. The van der Waals surface area contributed by atoms with Crippen molar-refractivity contribution in [1.29, 1.82) is 0 Å². The van der Waals surface area contributed by atoms with Gasteiger partial charge in [-0.1, -0.05) is 52.0 Å². The van der Waals surface area contributed by atoms with Crippen molar-refractivity contribution in [3.63, 3.8) is 0 Å². The van der Waals surface area contributed by atoms with Crippen LogP contribution in [0, 0.1) is 11.8 Å². The fourth-order valence-corrected chi connectivity index (χ4v) is 3.39. The quantitative estimate of drug-likeness (QED) is 0.794. The standard InChI is InChI=1S/C20H31N3O2/c1-13(2)12-16-6-8-17(9-7-16)18(14(3)4)22-15(5)19(24)23-11-10-21-20(23)25/h6-9,13-15,18,22H,10-12H2,1-5H3,(H,21,25)/p+1/t15-,18-/m1/s1. The molecular weight excluding hydrogens is 314 g/mol. The number of amides is 3. The molecule has 0 saturated carbocycles. The zero-order chi connectivity index (χ0) is 18.6. The molecule has 3 N–H and O–H groups in total. The van der Waals surface area contributed by atoms with Crippen LogP contribution in [-0.4, -0.2) is 36.0 Å². The highest BCUT2D eigenvalue weighted by Gasteiger charge is 2.33. The van der Waals surface area contributed by atoms with Gasteiger partial charge in [-0.2, -0.15) is 0 Å². The van der Waals surface area contributed by atoms with E-state index in [9.17, 15) is 9.59 Å². The van der Waals surface area contributed by atoms with Gasteiger partial charge in [-0.05, 0) is 24.8 Å². The summed E-state index contributed by atoms with van der Waals surface area (Å²) in [4.78, 5) is 25.6. The molecule has 5 heteroatoms. The van der Waals surface area contributed by atoms with Crippen LogP contribution in [0.4, 0.5) is 4.79 Å². The Morgan fingerprint density at radius 3 is 2.28 bits per heavy atom. The first-order valence-corrected chi connectivity index (χ1v) is 9.32. The number of hydrogen-bond donors (Lipinski definition) is 2. The molecule has 0 radical (unpaired) electrons. The lowest BCUT2D eigenvalue weighted by Crippen LogP contribution is -2.93. The number of benzene rings is 1. The topological polar surface area (TPSA) is 66.0 Å².